The van der Waals surface area contributed by atoms with Crippen molar-refractivity contribution in [3.8, 4) is 11.5 Å². The van der Waals surface area contributed by atoms with Gasteiger partial charge in [0.05, 0.1) is 13.0 Å². The third-order valence-corrected chi connectivity index (χ3v) is 6.19. The van der Waals surface area contributed by atoms with Crippen molar-refractivity contribution >= 4 is 17.8 Å². The first kappa shape index (κ1) is 22.8. The van der Waals surface area contributed by atoms with Gasteiger partial charge in [-0.2, -0.15) is 0 Å². The third-order valence-electron chi connectivity index (χ3n) is 6.19. The zero-order valence-corrected chi connectivity index (χ0v) is 19.0. The summed E-state index contributed by atoms with van der Waals surface area (Å²) in [6.45, 7) is 3.59. The number of benzene rings is 1. The molecule has 8 heteroatoms. The molecule has 1 saturated carbocycles. The Bertz CT molecular complexity index is 1060. The van der Waals surface area contributed by atoms with E-state index in [-0.39, 0.29) is 35.1 Å². The average Bonchev–Trinajstić information content (AvgIpc) is 3.66. The first-order valence-corrected chi connectivity index (χ1v) is 11.2. The summed E-state index contributed by atoms with van der Waals surface area (Å²) >= 11 is 0. The Morgan fingerprint density at radius 1 is 1.12 bits per heavy atom. The van der Waals surface area contributed by atoms with Crippen molar-refractivity contribution in [2.75, 3.05) is 7.11 Å². The van der Waals surface area contributed by atoms with Gasteiger partial charge in [0, 0.05) is 18.2 Å². The number of nitrogens with one attached hydrogen (secondary N) is 1. The number of ether oxygens (including phenoxy) is 3. The number of hydrogen-bond donors (Lipinski definition) is 1. The lowest BCUT2D eigenvalue weighted by Gasteiger charge is -2.31. The molecule has 1 heterocycles. The quantitative estimate of drug-likeness (QED) is 0.644. The topological polar surface area (TPSA) is 104 Å². The highest BCUT2D eigenvalue weighted by Gasteiger charge is 2.35. The van der Waals surface area contributed by atoms with Crippen LogP contribution in [-0.2, 0) is 20.7 Å². The van der Waals surface area contributed by atoms with Crippen molar-refractivity contribution in [3.05, 3.63) is 53.3 Å². The summed E-state index contributed by atoms with van der Waals surface area (Å²) in [5.41, 5.74) is 2.33. The summed E-state index contributed by atoms with van der Waals surface area (Å²) < 4.78 is 16.4. The number of methoxy groups -OCH3 is 1. The van der Waals surface area contributed by atoms with Crippen molar-refractivity contribution in [2.45, 2.75) is 57.6 Å². The van der Waals surface area contributed by atoms with Gasteiger partial charge >= 0.3 is 11.9 Å². The minimum atomic E-state index is -0.915. The Balaban J connectivity index is 1.42. The minimum Gasteiger partial charge on any atom is -0.493 e. The van der Waals surface area contributed by atoms with Crippen LogP contribution in [0.15, 0.2) is 36.5 Å². The number of fused-ring (bicyclic) bond motifs is 1. The van der Waals surface area contributed by atoms with Crippen LogP contribution in [0.1, 0.15) is 60.6 Å². The van der Waals surface area contributed by atoms with Crippen LogP contribution in [0.2, 0.25) is 0 Å². The molecule has 2 aliphatic rings. The lowest BCUT2D eigenvalue weighted by molar-refractivity contribution is -0.152. The molecule has 1 aromatic carbocycles. The van der Waals surface area contributed by atoms with E-state index < -0.39 is 23.9 Å². The van der Waals surface area contributed by atoms with E-state index in [1.165, 1.54) is 30.5 Å². The maximum Gasteiger partial charge on any atom is 0.328 e. The van der Waals surface area contributed by atoms with Gasteiger partial charge in [0.2, 0.25) is 5.75 Å². The molecular formula is C25H28N2O6. The number of nitrogens with zero attached hydrogens (tertiary/aromatic N) is 1. The highest BCUT2D eigenvalue weighted by molar-refractivity contribution is 5.98. The Morgan fingerprint density at radius 3 is 2.61 bits per heavy atom. The van der Waals surface area contributed by atoms with Crippen molar-refractivity contribution in [2.24, 2.45) is 5.92 Å². The first-order valence-electron chi connectivity index (χ1n) is 11.2. The Labute approximate surface area is 192 Å². The second kappa shape index (κ2) is 9.60. The van der Waals surface area contributed by atoms with Gasteiger partial charge in [0.15, 0.2) is 11.4 Å². The molecule has 0 saturated heterocycles. The Kier molecular flexibility index (Phi) is 6.62. The molecule has 1 aromatic heterocycles. The van der Waals surface area contributed by atoms with Crippen LogP contribution >= 0.6 is 0 Å². The molecule has 174 valence electrons. The zero-order valence-electron chi connectivity index (χ0n) is 19.0. The van der Waals surface area contributed by atoms with Gasteiger partial charge in [0.1, 0.15) is 12.1 Å². The number of aryl methyl sites for hydroxylation is 1. The van der Waals surface area contributed by atoms with Crippen molar-refractivity contribution in [1.82, 2.24) is 10.3 Å². The molecule has 2 aliphatic carbocycles. The molecule has 0 spiro atoms. The van der Waals surface area contributed by atoms with Crippen LogP contribution in [0.4, 0.5) is 0 Å². The highest BCUT2D eigenvalue weighted by Crippen LogP contribution is 2.35. The number of hydrogen-bond acceptors (Lipinski definition) is 7. The Hall–Kier alpha value is -3.42. The molecule has 8 nitrogen and oxygen atoms in total. The number of aromatic nitrogens is 1. The van der Waals surface area contributed by atoms with Crippen LogP contribution in [0.3, 0.4) is 0 Å². The lowest BCUT2D eigenvalue weighted by atomic mass is 9.82. The number of esters is 2. The van der Waals surface area contributed by atoms with Crippen LogP contribution < -0.4 is 14.8 Å². The van der Waals surface area contributed by atoms with E-state index in [4.69, 9.17) is 14.2 Å². The fourth-order valence-corrected chi connectivity index (χ4v) is 4.04. The number of amides is 1. The fourth-order valence-electron chi connectivity index (χ4n) is 4.04. The molecule has 4 rings (SSSR count). The zero-order chi connectivity index (χ0) is 23.5. The van der Waals surface area contributed by atoms with Gasteiger partial charge in [-0.25, -0.2) is 9.78 Å². The number of pyridine rings is 1. The van der Waals surface area contributed by atoms with Gasteiger partial charge in [-0.1, -0.05) is 31.2 Å². The minimum absolute atomic E-state index is 0.0486. The van der Waals surface area contributed by atoms with Gasteiger partial charge in [-0.05, 0) is 43.7 Å². The SMILES string of the molecule is COc1ccnc(C(=O)N[C@@H](C)C(=O)OC2CCc3ccccc3C2C)c1OC(=O)C1CC1. The average molecular weight is 453 g/mol. The summed E-state index contributed by atoms with van der Waals surface area (Å²) in [5.74, 6) is -1.54. The van der Waals surface area contributed by atoms with E-state index in [0.29, 0.717) is 0 Å². The summed E-state index contributed by atoms with van der Waals surface area (Å²) in [7, 11) is 1.41. The van der Waals surface area contributed by atoms with E-state index in [2.05, 4.69) is 22.4 Å². The van der Waals surface area contributed by atoms with Crippen molar-refractivity contribution in [1.29, 1.82) is 0 Å². The summed E-state index contributed by atoms with van der Waals surface area (Å²) in [6, 6.07) is 8.75. The van der Waals surface area contributed by atoms with E-state index in [9.17, 15) is 14.4 Å². The summed E-state index contributed by atoms with van der Waals surface area (Å²) in [4.78, 5) is 41.9. The molecule has 1 amide bonds. The predicted octanol–water partition coefficient (Wildman–Crippen LogP) is 3.19. The van der Waals surface area contributed by atoms with E-state index in [1.54, 1.807) is 6.92 Å². The van der Waals surface area contributed by atoms with Crippen LogP contribution in [0.25, 0.3) is 0 Å². The second-order valence-electron chi connectivity index (χ2n) is 8.58. The van der Waals surface area contributed by atoms with E-state index in [1.807, 2.05) is 19.1 Å². The molecule has 0 radical (unpaired) electrons. The molecule has 3 atom stereocenters. The molecular weight excluding hydrogens is 424 g/mol. The lowest BCUT2D eigenvalue weighted by Crippen LogP contribution is -2.42. The number of carbonyl (C=O) groups excluding carboxylic acids is 3. The molecule has 0 bridgehead atoms. The van der Waals surface area contributed by atoms with E-state index >= 15 is 0 Å². The largest absolute Gasteiger partial charge is 0.493 e. The molecule has 1 N–H and O–H groups in total. The molecule has 2 aromatic rings. The number of rotatable bonds is 7. The molecule has 1 fully saturated rings. The van der Waals surface area contributed by atoms with Gasteiger partial charge in [-0.3, -0.25) is 9.59 Å². The van der Waals surface area contributed by atoms with Crippen LogP contribution in [0, 0.1) is 5.92 Å². The fraction of sp³-hybridized carbons (Fsp3) is 0.440. The maximum atomic E-state index is 12.9. The van der Waals surface area contributed by atoms with Gasteiger partial charge in [-0.15, -0.1) is 0 Å². The van der Waals surface area contributed by atoms with Crippen LogP contribution in [-0.4, -0.2) is 42.1 Å². The first-order chi connectivity index (χ1) is 15.9. The normalized spacial score (nSPS) is 20.2. The predicted molar refractivity (Wildman–Crippen MR) is 119 cm³/mol. The van der Waals surface area contributed by atoms with Crippen LogP contribution in [0.5, 0.6) is 11.5 Å². The third kappa shape index (κ3) is 4.99. The standard InChI is InChI=1S/C25H28N2O6/c1-14-18-7-5-4-6-16(18)10-11-19(14)32-24(29)15(2)27-23(28)21-22(20(31-3)12-13-26-21)33-25(30)17-8-9-17/h4-7,12-15,17,19H,8-11H2,1-3H3,(H,27,28)/t14?,15-,19?/m0/s1. The maximum absolute atomic E-state index is 12.9. The summed E-state index contributed by atoms with van der Waals surface area (Å²) in [5, 5.41) is 2.61. The monoisotopic (exact) mass is 452 g/mol. The van der Waals surface area contributed by atoms with Gasteiger partial charge in [0.25, 0.3) is 5.91 Å². The Morgan fingerprint density at radius 2 is 1.88 bits per heavy atom. The summed E-state index contributed by atoms with van der Waals surface area (Å²) in [6.07, 6.45) is 4.20. The smallest absolute Gasteiger partial charge is 0.328 e. The highest BCUT2D eigenvalue weighted by atomic mass is 16.6. The van der Waals surface area contributed by atoms with E-state index in [0.717, 1.165) is 25.7 Å². The molecule has 0 aliphatic heterocycles. The molecule has 33 heavy (non-hydrogen) atoms. The van der Waals surface area contributed by atoms with Crippen molar-refractivity contribution in [3.63, 3.8) is 0 Å². The second-order valence-corrected chi connectivity index (χ2v) is 8.58. The van der Waals surface area contributed by atoms with Gasteiger partial charge < -0.3 is 19.5 Å². The number of carbonyl (C=O) groups is 3. The van der Waals surface area contributed by atoms with Crippen molar-refractivity contribution < 1.29 is 28.6 Å². The molecule has 2 unspecified atom stereocenters.